The van der Waals surface area contributed by atoms with Crippen LogP contribution < -0.4 is 5.69 Å². The van der Waals surface area contributed by atoms with Gasteiger partial charge in [0.15, 0.2) is 0 Å². The number of aryl methyl sites for hydroxylation is 1. The van der Waals surface area contributed by atoms with Crippen LogP contribution >= 0.6 is 11.6 Å². The van der Waals surface area contributed by atoms with E-state index in [9.17, 15) is 4.79 Å². The van der Waals surface area contributed by atoms with Crippen LogP contribution in [0.5, 0.6) is 0 Å². The SMILES string of the molecule is CCn1c(=O)[nH]c2cc(Cl)ccc21. The highest BCUT2D eigenvalue weighted by molar-refractivity contribution is 6.31. The number of halogens is 1. The number of H-pyrrole nitrogens is 1. The van der Waals surface area contributed by atoms with Crippen LogP contribution in [-0.2, 0) is 6.54 Å². The first kappa shape index (κ1) is 8.38. The second-order valence-corrected chi connectivity index (χ2v) is 3.27. The molecule has 0 aliphatic rings. The van der Waals surface area contributed by atoms with E-state index in [0.29, 0.717) is 11.6 Å². The Hall–Kier alpha value is -1.22. The summed E-state index contributed by atoms with van der Waals surface area (Å²) in [6.07, 6.45) is 0. The lowest BCUT2D eigenvalue weighted by Crippen LogP contribution is -2.14. The van der Waals surface area contributed by atoms with Crippen LogP contribution in [0.2, 0.25) is 5.02 Å². The highest BCUT2D eigenvalue weighted by Gasteiger charge is 2.03. The van der Waals surface area contributed by atoms with Gasteiger partial charge < -0.3 is 4.98 Å². The summed E-state index contributed by atoms with van der Waals surface area (Å²) in [5.41, 5.74) is 1.61. The van der Waals surface area contributed by atoms with Crippen molar-refractivity contribution in [1.82, 2.24) is 9.55 Å². The summed E-state index contributed by atoms with van der Waals surface area (Å²) < 4.78 is 1.67. The summed E-state index contributed by atoms with van der Waals surface area (Å²) >= 11 is 5.79. The molecule has 1 heterocycles. The molecule has 2 rings (SSSR count). The first-order valence-electron chi connectivity index (χ1n) is 4.10. The lowest BCUT2D eigenvalue weighted by atomic mass is 10.3. The van der Waals surface area contributed by atoms with Crippen LogP contribution in [0, 0.1) is 0 Å². The number of aromatic amines is 1. The Balaban J connectivity index is 2.87. The maximum atomic E-state index is 11.3. The zero-order chi connectivity index (χ0) is 9.42. The smallest absolute Gasteiger partial charge is 0.305 e. The van der Waals surface area contributed by atoms with Crippen LogP contribution in [0.1, 0.15) is 6.92 Å². The molecule has 0 saturated carbocycles. The summed E-state index contributed by atoms with van der Waals surface area (Å²) in [4.78, 5) is 14.1. The molecule has 0 aliphatic heterocycles. The lowest BCUT2D eigenvalue weighted by molar-refractivity contribution is 0.753. The normalized spacial score (nSPS) is 10.9. The average Bonchev–Trinajstić information content (AvgIpc) is 2.39. The predicted octanol–water partition coefficient (Wildman–Crippen LogP) is 2.00. The molecule has 0 atom stereocenters. The number of aromatic nitrogens is 2. The molecule has 0 unspecified atom stereocenters. The van der Waals surface area contributed by atoms with Crippen LogP contribution in [0.25, 0.3) is 11.0 Å². The topological polar surface area (TPSA) is 37.8 Å². The molecule has 3 nitrogen and oxygen atoms in total. The van der Waals surface area contributed by atoms with Gasteiger partial charge in [0.25, 0.3) is 0 Å². The van der Waals surface area contributed by atoms with E-state index in [-0.39, 0.29) is 5.69 Å². The summed E-state index contributed by atoms with van der Waals surface area (Å²) in [5, 5.41) is 0.636. The highest BCUT2D eigenvalue weighted by atomic mass is 35.5. The van der Waals surface area contributed by atoms with Gasteiger partial charge in [-0.15, -0.1) is 0 Å². The first-order chi connectivity index (χ1) is 6.22. The van der Waals surface area contributed by atoms with Crippen LogP contribution in [0.3, 0.4) is 0 Å². The van der Waals surface area contributed by atoms with Crippen molar-refractivity contribution < 1.29 is 0 Å². The molecule has 0 radical (unpaired) electrons. The van der Waals surface area contributed by atoms with Gasteiger partial charge in [-0.1, -0.05) is 11.6 Å². The van der Waals surface area contributed by atoms with Gasteiger partial charge in [-0.3, -0.25) is 4.57 Å². The minimum absolute atomic E-state index is 0.0835. The monoisotopic (exact) mass is 196 g/mol. The number of hydrogen-bond acceptors (Lipinski definition) is 1. The molecule has 0 amide bonds. The van der Waals surface area contributed by atoms with E-state index >= 15 is 0 Å². The summed E-state index contributed by atoms with van der Waals surface area (Å²) in [7, 11) is 0. The number of nitrogens with one attached hydrogen (secondary N) is 1. The molecule has 0 aliphatic carbocycles. The molecule has 2 aromatic rings. The molecule has 0 spiro atoms. The predicted molar refractivity (Wildman–Crippen MR) is 53.2 cm³/mol. The minimum Gasteiger partial charge on any atom is -0.305 e. The lowest BCUT2D eigenvalue weighted by Gasteiger charge is -1.96. The Labute approximate surface area is 79.9 Å². The fourth-order valence-corrected chi connectivity index (χ4v) is 1.62. The first-order valence-corrected chi connectivity index (χ1v) is 4.48. The van der Waals surface area contributed by atoms with Crippen molar-refractivity contribution >= 4 is 22.6 Å². The molecule has 4 heteroatoms. The number of fused-ring (bicyclic) bond motifs is 1. The van der Waals surface area contributed by atoms with Gasteiger partial charge >= 0.3 is 5.69 Å². The van der Waals surface area contributed by atoms with Gasteiger partial charge in [0.05, 0.1) is 11.0 Å². The van der Waals surface area contributed by atoms with Crippen LogP contribution in [0.15, 0.2) is 23.0 Å². The summed E-state index contributed by atoms with van der Waals surface area (Å²) in [6.45, 7) is 2.60. The fourth-order valence-electron chi connectivity index (χ4n) is 1.45. The number of hydrogen-bond donors (Lipinski definition) is 1. The van der Waals surface area contributed by atoms with Crippen molar-refractivity contribution in [3.05, 3.63) is 33.7 Å². The molecule has 1 aromatic carbocycles. The average molecular weight is 197 g/mol. The van der Waals surface area contributed by atoms with Crippen molar-refractivity contribution in [3.63, 3.8) is 0 Å². The maximum absolute atomic E-state index is 11.3. The van der Waals surface area contributed by atoms with E-state index in [2.05, 4.69) is 4.98 Å². The second-order valence-electron chi connectivity index (χ2n) is 2.84. The fraction of sp³-hybridized carbons (Fsp3) is 0.222. The third-order valence-electron chi connectivity index (χ3n) is 2.05. The Morgan fingerprint density at radius 2 is 2.31 bits per heavy atom. The van der Waals surface area contributed by atoms with Crippen molar-refractivity contribution in [2.75, 3.05) is 0 Å². The van der Waals surface area contributed by atoms with Crippen molar-refractivity contribution in [1.29, 1.82) is 0 Å². The molecule has 0 saturated heterocycles. The van der Waals surface area contributed by atoms with Gasteiger partial charge in [0.1, 0.15) is 0 Å². The van der Waals surface area contributed by atoms with Crippen molar-refractivity contribution in [2.45, 2.75) is 13.5 Å². The van der Waals surface area contributed by atoms with E-state index in [1.54, 1.807) is 16.7 Å². The Bertz CT molecular complexity index is 498. The largest absolute Gasteiger partial charge is 0.326 e. The molecule has 1 aromatic heterocycles. The van der Waals surface area contributed by atoms with Gasteiger partial charge in [-0.2, -0.15) is 0 Å². The molecule has 1 N–H and O–H groups in total. The standard InChI is InChI=1S/C9H9ClN2O/c1-2-12-8-4-3-6(10)5-7(8)11-9(12)13/h3-5H,2H2,1H3,(H,11,13). The third kappa shape index (κ3) is 1.25. The minimum atomic E-state index is -0.0835. The molecule has 0 bridgehead atoms. The summed E-state index contributed by atoms with van der Waals surface area (Å²) in [5.74, 6) is 0. The van der Waals surface area contributed by atoms with Crippen molar-refractivity contribution in [3.8, 4) is 0 Å². The Morgan fingerprint density at radius 3 is 3.00 bits per heavy atom. The Morgan fingerprint density at radius 1 is 1.54 bits per heavy atom. The van der Waals surface area contributed by atoms with E-state index < -0.39 is 0 Å². The Kier molecular flexibility index (Phi) is 1.88. The maximum Gasteiger partial charge on any atom is 0.326 e. The van der Waals surface area contributed by atoms with E-state index in [1.807, 2.05) is 13.0 Å². The number of imidazole rings is 1. The number of rotatable bonds is 1. The molecule has 0 fully saturated rings. The number of nitrogens with zero attached hydrogens (tertiary/aromatic N) is 1. The van der Waals surface area contributed by atoms with E-state index in [1.165, 1.54) is 0 Å². The quantitative estimate of drug-likeness (QED) is 0.745. The van der Waals surface area contributed by atoms with Gasteiger partial charge in [-0.25, -0.2) is 4.79 Å². The zero-order valence-corrected chi connectivity index (χ0v) is 7.93. The van der Waals surface area contributed by atoms with Gasteiger partial charge in [-0.05, 0) is 25.1 Å². The van der Waals surface area contributed by atoms with E-state index in [0.717, 1.165) is 11.0 Å². The number of benzene rings is 1. The second kappa shape index (κ2) is 2.92. The molecular weight excluding hydrogens is 188 g/mol. The van der Waals surface area contributed by atoms with Gasteiger partial charge in [0, 0.05) is 11.6 Å². The molecule has 68 valence electrons. The van der Waals surface area contributed by atoms with E-state index in [4.69, 9.17) is 11.6 Å². The van der Waals surface area contributed by atoms with Crippen molar-refractivity contribution in [2.24, 2.45) is 0 Å². The molecule has 13 heavy (non-hydrogen) atoms. The summed E-state index contributed by atoms with van der Waals surface area (Å²) in [6, 6.07) is 5.38. The van der Waals surface area contributed by atoms with Crippen LogP contribution in [0.4, 0.5) is 0 Å². The van der Waals surface area contributed by atoms with Gasteiger partial charge in [0.2, 0.25) is 0 Å². The zero-order valence-electron chi connectivity index (χ0n) is 7.17. The molecular formula is C9H9ClN2O. The van der Waals surface area contributed by atoms with Crippen LogP contribution in [-0.4, -0.2) is 9.55 Å². The highest BCUT2D eigenvalue weighted by Crippen LogP contribution is 2.15. The third-order valence-corrected chi connectivity index (χ3v) is 2.29.